The molecule has 0 aliphatic carbocycles. The summed E-state index contributed by atoms with van der Waals surface area (Å²) in [6.07, 6.45) is 2.34. The lowest BCUT2D eigenvalue weighted by atomic mass is 9.73. The van der Waals surface area contributed by atoms with Gasteiger partial charge in [0.1, 0.15) is 0 Å². The third-order valence-electron chi connectivity index (χ3n) is 4.66. The van der Waals surface area contributed by atoms with Gasteiger partial charge in [-0.1, -0.05) is 48.5 Å². The second kappa shape index (κ2) is 7.46. The van der Waals surface area contributed by atoms with Gasteiger partial charge in [-0.2, -0.15) is 0 Å². The van der Waals surface area contributed by atoms with Gasteiger partial charge in [-0.25, -0.2) is 0 Å². The standard InChI is InChI=1S/C19H40O2/c1-14(2)18(10,11)12-13-19(17(7,8)9,20-15(3)4)21-16(5)6/h14-16H,12-13H2,1-11H3. The molecule has 0 aromatic rings. The lowest BCUT2D eigenvalue weighted by Crippen LogP contribution is -2.51. The Morgan fingerprint density at radius 2 is 1.05 bits per heavy atom. The molecule has 0 unspecified atom stereocenters. The van der Waals surface area contributed by atoms with Gasteiger partial charge in [-0.3, -0.25) is 0 Å². The molecule has 0 spiro atoms. The molecule has 0 aromatic carbocycles. The fraction of sp³-hybridized carbons (Fsp3) is 1.00. The smallest absolute Gasteiger partial charge is 0.173 e. The summed E-state index contributed by atoms with van der Waals surface area (Å²) >= 11 is 0. The molecule has 0 saturated heterocycles. The number of hydrogen-bond donors (Lipinski definition) is 0. The normalized spacial score (nSPS) is 14.6. The monoisotopic (exact) mass is 300 g/mol. The minimum Gasteiger partial charge on any atom is -0.347 e. The van der Waals surface area contributed by atoms with Gasteiger partial charge >= 0.3 is 0 Å². The van der Waals surface area contributed by atoms with Crippen LogP contribution in [-0.2, 0) is 9.47 Å². The Bertz CT molecular complexity index is 285. The zero-order chi connectivity index (χ0) is 17.1. The van der Waals surface area contributed by atoms with Crippen LogP contribution in [0.1, 0.15) is 89.0 Å². The van der Waals surface area contributed by atoms with Crippen LogP contribution in [0, 0.1) is 16.7 Å². The molecule has 0 rings (SSSR count). The van der Waals surface area contributed by atoms with Gasteiger partial charge in [0.15, 0.2) is 5.79 Å². The van der Waals surface area contributed by atoms with E-state index >= 15 is 0 Å². The Morgan fingerprint density at radius 1 is 0.667 bits per heavy atom. The molecule has 0 amide bonds. The highest BCUT2D eigenvalue weighted by Gasteiger charge is 2.46. The fourth-order valence-corrected chi connectivity index (χ4v) is 2.41. The van der Waals surface area contributed by atoms with Gasteiger partial charge in [0.05, 0.1) is 12.2 Å². The second-order valence-corrected chi connectivity index (χ2v) is 8.98. The van der Waals surface area contributed by atoms with E-state index in [1.165, 1.54) is 0 Å². The van der Waals surface area contributed by atoms with Crippen LogP contribution in [0.15, 0.2) is 0 Å². The minimum atomic E-state index is -0.526. The average molecular weight is 301 g/mol. The van der Waals surface area contributed by atoms with E-state index in [0.29, 0.717) is 5.92 Å². The molecule has 0 radical (unpaired) electrons. The van der Waals surface area contributed by atoms with Crippen molar-refractivity contribution in [2.75, 3.05) is 0 Å². The molecule has 2 heteroatoms. The summed E-state index contributed by atoms with van der Waals surface area (Å²) in [5, 5.41) is 0. The Labute approximate surface area is 134 Å². The highest BCUT2D eigenvalue weighted by atomic mass is 16.7. The van der Waals surface area contributed by atoms with Crippen molar-refractivity contribution in [3.05, 3.63) is 0 Å². The average Bonchev–Trinajstić information content (AvgIpc) is 2.22. The summed E-state index contributed by atoms with van der Waals surface area (Å²) in [4.78, 5) is 0. The van der Waals surface area contributed by atoms with E-state index in [1.54, 1.807) is 0 Å². The topological polar surface area (TPSA) is 18.5 Å². The van der Waals surface area contributed by atoms with Crippen LogP contribution >= 0.6 is 0 Å². The zero-order valence-corrected chi connectivity index (χ0v) is 16.5. The molecule has 2 nitrogen and oxygen atoms in total. The molecule has 0 bridgehead atoms. The first-order chi connectivity index (χ1) is 9.23. The quantitative estimate of drug-likeness (QED) is 0.509. The van der Waals surface area contributed by atoms with Gasteiger partial charge in [0, 0.05) is 11.8 Å². The van der Waals surface area contributed by atoms with Crippen molar-refractivity contribution in [2.24, 2.45) is 16.7 Å². The molecule has 0 heterocycles. The van der Waals surface area contributed by atoms with E-state index in [2.05, 4.69) is 76.2 Å². The van der Waals surface area contributed by atoms with Gasteiger partial charge in [-0.15, -0.1) is 0 Å². The highest BCUT2D eigenvalue weighted by Crippen LogP contribution is 2.44. The Kier molecular flexibility index (Phi) is 7.43. The van der Waals surface area contributed by atoms with E-state index in [4.69, 9.17) is 9.47 Å². The summed E-state index contributed by atoms with van der Waals surface area (Å²) in [7, 11) is 0. The molecule has 0 aliphatic rings. The van der Waals surface area contributed by atoms with Gasteiger partial charge < -0.3 is 9.47 Å². The lowest BCUT2D eigenvalue weighted by Gasteiger charge is -2.48. The van der Waals surface area contributed by atoms with Crippen molar-refractivity contribution < 1.29 is 9.47 Å². The van der Waals surface area contributed by atoms with E-state index in [0.717, 1.165) is 12.8 Å². The first-order valence-electron chi connectivity index (χ1n) is 8.59. The molecule has 0 atom stereocenters. The molecular weight excluding hydrogens is 260 g/mol. The number of ether oxygens (including phenoxy) is 2. The lowest BCUT2D eigenvalue weighted by molar-refractivity contribution is -0.321. The van der Waals surface area contributed by atoms with Crippen molar-refractivity contribution in [1.82, 2.24) is 0 Å². The van der Waals surface area contributed by atoms with Crippen molar-refractivity contribution in [1.29, 1.82) is 0 Å². The molecule has 21 heavy (non-hydrogen) atoms. The maximum Gasteiger partial charge on any atom is 0.173 e. The van der Waals surface area contributed by atoms with Crippen LogP contribution in [0.5, 0.6) is 0 Å². The zero-order valence-electron chi connectivity index (χ0n) is 16.5. The molecule has 0 aromatic heterocycles. The largest absolute Gasteiger partial charge is 0.347 e. The fourth-order valence-electron chi connectivity index (χ4n) is 2.41. The number of rotatable bonds is 8. The molecule has 0 saturated carbocycles. The van der Waals surface area contributed by atoms with Crippen LogP contribution in [0.3, 0.4) is 0 Å². The van der Waals surface area contributed by atoms with E-state index in [1.807, 2.05) is 0 Å². The first-order valence-corrected chi connectivity index (χ1v) is 8.59. The van der Waals surface area contributed by atoms with Gasteiger partial charge in [0.25, 0.3) is 0 Å². The Hall–Kier alpha value is -0.0800. The van der Waals surface area contributed by atoms with E-state index < -0.39 is 5.79 Å². The van der Waals surface area contributed by atoms with Crippen LogP contribution in [-0.4, -0.2) is 18.0 Å². The van der Waals surface area contributed by atoms with E-state index in [9.17, 15) is 0 Å². The van der Waals surface area contributed by atoms with Crippen LogP contribution < -0.4 is 0 Å². The molecule has 0 aliphatic heterocycles. The van der Waals surface area contributed by atoms with Crippen LogP contribution in [0.25, 0.3) is 0 Å². The maximum absolute atomic E-state index is 6.37. The summed E-state index contributed by atoms with van der Waals surface area (Å²) in [6, 6.07) is 0. The van der Waals surface area contributed by atoms with Crippen molar-refractivity contribution in [3.8, 4) is 0 Å². The summed E-state index contributed by atoms with van der Waals surface area (Å²) in [5.74, 6) is 0.120. The Morgan fingerprint density at radius 3 is 1.29 bits per heavy atom. The van der Waals surface area contributed by atoms with Crippen molar-refractivity contribution >= 4 is 0 Å². The molecule has 0 N–H and O–H groups in total. The van der Waals surface area contributed by atoms with Gasteiger partial charge in [0.2, 0.25) is 0 Å². The predicted octanol–water partition coefficient (Wildman–Crippen LogP) is 6.04. The maximum atomic E-state index is 6.37. The minimum absolute atomic E-state index is 0.0609. The second-order valence-electron chi connectivity index (χ2n) is 8.98. The highest BCUT2D eigenvalue weighted by molar-refractivity contribution is 4.88. The van der Waals surface area contributed by atoms with Gasteiger partial charge in [-0.05, 0) is 45.4 Å². The first kappa shape index (κ1) is 20.9. The SMILES string of the molecule is CC(C)OC(CCC(C)(C)C(C)C)(OC(C)C)C(C)(C)C. The molecule has 128 valence electrons. The summed E-state index contributed by atoms with van der Waals surface area (Å²) in [6.45, 7) is 24.3. The number of hydrogen-bond acceptors (Lipinski definition) is 2. The van der Waals surface area contributed by atoms with Crippen LogP contribution in [0.4, 0.5) is 0 Å². The summed E-state index contributed by atoms with van der Waals surface area (Å²) in [5.41, 5.74) is 0.228. The molecule has 0 fully saturated rings. The third-order valence-corrected chi connectivity index (χ3v) is 4.66. The van der Waals surface area contributed by atoms with Crippen molar-refractivity contribution in [2.45, 2.75) is 107 Å². The van der Waals surface area contributed by atoms with Crippen molar-refractivity contribution in [3.63, 3.8) is 0 Å². The predicted molar refractivity (Wildman–Crippen MR) is 92.5 cm³/mol. The molecular formula is C19H40O2. The van der Waals surface area contributed by atoms with E-state index in [-0.39, 0.29) is 23.0 Å². The summed E-state index contributed by atoms with van der Waals surface area (Å²) < 4.78 is 12.7. The van der Waals surface area contributed by atoms with Crippen LogP contribution in [0.2, 0.25) is 0 Å². The third kappa shape index (κ3) is 6.28. The Balaban J connectivity index is 5.36.